The van der Waals surface area contributed by atoms with E-state index in [1.807, 2.05) is 0 Å². The summed E-state index contributed by atoms with van der Waals surface area (Å²) in [7, 11) is 0. The molecule has 0 radical (unpaired) electrons. The van der Waals surface area contributed by atoms with Crippen LogP contribution in [0.25, 0.3) is 0 Å². The van der Waals surface area contributed by atoms with Gasteiger partial charge in [0.25, 0.3) is 0 Å². The molecule has 0 fully saturated rings. The van der Waals surface area contributed by atoms with Gasteiger partial charge in [0.1, 0.15) is 0 Å². The van der Waals surface area contributed by atoms with Crippen molar-refractivity contribution in [1.29, 1.82) is 0 Å². The zero-order valence-electron chi connectivity index (χ0n) is 53.4. The van der Waals surface area contributed by atoms with Crippen LogP contribution in [0.5, 0.6) is 0 Å². The van der Waals surface area contributed by atoms with E-state index < -0.39 is 12.1 Å². The molecular formula is C73H139NO5. The van der Waals surface area contributed by atoms with Crippen molar-refractivity contribution in [3.63, 3.8) is 0 Å². The third-order valence-electron chi connectivity index (χ3n) is 16.7. The molecule has 0 aliphatic rings. The third kappa shape index (κ3) is 65.1. The predicted octanol–water partition coefficient (Wildman–Crippen LogP) is 23.1. The quantitative estimate of drug-likeness (QED) is 0.0320. The summed E-state index contributed by atoms with van der Waals surface area (Å²) >= 11 is 0. The minimum Gasteiger partial charge on any atom is -0.466 e. The van der Waals surface area contributed by atoms with Crippen LogP contribution in [0, 0.1) is 0 Å². The Bertz CT molecular complexity index is 1280. The van der Waals surface area contributed by atoms with Gasteiger partial charge in [0.15, 0.2) is 0 Å². The molecule has 2 unspecified atom stereocenters. The first kappa shape index (κ1) is 77.1. The third-order valence-corrected chi connectivity index (χ3v) is 16.7. The number of allylic oxidation sites excluding steroid dienone is 6. The van der Waals surface area contributed by atoms with Gasteiger partial charge in [-0.1, -0.05) is 333 Å². The summed E-state index contributed by atoms with van der Waals surface area (Å²) in [5.74, 6) is -0.0312. The SMILES string of the molecule is CCCCC/C=C\C/C=C\CCCCCCCCCCCC(=O)OCCCCCCCCCCCCC/C=C\CCCCCCCCCC(=O)NC(CO)C(O)CCCCCCCCCCCCCCCCCCCCCCC. The van der Waals surface area contributed by atoms with Crippen LogP contribution in [-0.2, 0) is 14.3 Å². The summed E-state index contributed by atoms with van der Waals surface area (Å²) in [4.78, 5) is 24.7. The molecule has 0 rings (SSSR count). The van der Waals surface area contributed by atoms with E-state index in [0.29, 0.717) is 25.9 Å². The Hall–Kier alpha value is -1.92. The fourth-order valence-corrected chi connectivity index (χ4v) is 11.2. The van der Waals surface area contributed by atoms with E-state index >= 15 is 0 Å². The Morgan fingerprint density at radius 2 is 0.633 bits per heavy atom. The van der Waals surface area contributed by atoms with Crippen LogP contribution < -0.4 is 5.32 Å². The number of carbonyl (C=O) groups excluding carboxylic acids is 2. The largest absolute Gasteiger partial charge is 0.466 e. The average molecular weight is 1110 g/mol. The smallest absolute Gasteiger partial charge is 0.305 e. The van der Waals surface area contributed by atoms with Crippen LogP contribution in [-0.4, -0.2) is 47.4 Å². The first-order chi connectivity index (χ1) is 39.0. The molecule has 0 aliphatic carbocycles. The normalized spacial score (nSPS) is 12.7. The van der Waals surface area contributed by atoms with E-state index in [4.69, 9.17) is 4.74 Å². The van der Waals surface area contributed by atoms with E-state index in [9.17, 15) is 19.8 Å². The average Bonchev–Trinajstić information content (AvgIpc) is 3.45. The second-order valence-electron chi connectivity index (χ2n) is 24.6. The highest BCUT2D eigenvalue weighted by molar-refractivity contribution is 5.76. The minimum atomic E-state index is -0.670. The predicted molar refractivity (Wildman–Crippen MR) is 347 cm³/mol. The molecule has 2 atom stereocenters. The van der Waals surface area contributed by atoms with Gasteiger partial charge in [-0.3, -0.25) is 9.59 Å². The zero-order chi connectivity index (χ0) is 57.1. The van der Waals surface area contributed by atoms with Crippen LogP contribution in [0.3, 0.4) is 0 Å². The first-order valence-corrected chi connectivity index (χ1v) is 35.7. The van der Waals surface area contributed by atoms with E-state index in [0.717, 1.165) is 51.4 Å². The van der Waals surface area contributed by atoms with Gasteiger partial charge in [0.05, 0.1) is 25.4 Å². The summed E-state index contributed by atoms with van der Waals surface area (Å²) in [6.45, 7) is 4.96. The lowest BCUT2D eigenvalue weighted by molar-refractivity contribution is -0.143. The Labute approximate surface area is 494 Å². The lowest BCUT2D eigenvalue weighted by atomic mass is 10.0. The van der Waals surface area contributed by atoms with Gasteiger partial charge in [-0.05, 0) is 83.5 Å². The second-order valence-corrected chi connectivity index (χ2v) is 24.6. The van der Waals surface area contributed by atoms with Crippen molar-refractivity contribution in [3.05, 3.63) is 36.5 Å². The molecule has 0 saturated heterocycles. The van der Waals surface area contributed by atoms with Crippen molar-refractivity contribution in [2.75, 3.05) is 13.2 Å². The van der Waals surface area contributed by atoms with Crippen molar-refractivity contribution in [2.24, 2.45) is 0 Å². The number of hydrogen-bond donors (Lipinski definition) is 3. The maximum Gasteiger partial charge on any atom is 0.305 e. The van der Waals surface area contributed by atoms with E-state index in [1.165, 1.54) is 308 Å². The van der Waals surface area contributed by atoms with Crippen molar-refractivity contribution in [1.82, 2.24) is 5.32 Å². The molecular weight excluding hydrogens is 971 g/mol. The van der Waals surface area contributed by atoms with Crippen molar-refractivity contribution in [3.8, 4) is 0 Å². The minimum absolute atomic E-state index is 0.00695. The summed E-state index contributed by atoms with van der Waals surface area (Å²) in [5.41, 5.74) is 0. The molecule has 6 heteroatoms. The Kier molecular flexibility index (Phi) is 66.9. The number of aliphatic hydroxyl groups excluding tert-OH is 2. The van der Waals surface area contributed by atoms with Gasteiger partial charge < -0.3 is 20.3 Å². The Morgan fingerprint density at radius 1 is 0.354 bits per heavy atom. The molecule has 0 aliphatic heterocycles. The Balaban J connectivity index is 3.41. The second kappa shape index (κ2) is 68.6. The molecule has 6 nitrogen and oxygen atoms in total. The molecule has 466 valence electrons. The van der Waals surface area contributed by atoms with E-state index in [1.54, 1.807) is 0 Å². The molecule has 79 heavy (non-hydrogen) atoms. The highest BCUT2D eigenvalue weighted by Crippen LogP contribution is 2.19. The first-order valence-electron chi connectivity index (χ1n) is 35.7. The highest BCUT2D eigenvalue weighted by Gasteiger charge is 2.20. The number of esters is 1. The molecule has 0 aromatic carbocycles. The summed E-state index contributed by atoms with van der Waals surface area (Å²) in [5, 5.41) is 23.4. The number of aliphatic hydroxyl groups is 2. The van der Waals surface area contributed by atoms with Crippen molar-refractivity contribution >= 4 is 11.9 Å². The van der Waals surface area contributed by atoms with Crippen LogP contribution in [0.15, 0.2) is 36.5 Å². The summed E-state index contributed by atoms with van der Waals surface area (Å²) in [6.07, 6.45) is 87.5. The van der Waals surface area contributed by atoms with Crippen LogP contribution in [0.1, 0.15) is 393 Å². The molecule has 0 saturated carbocycles. The number of nitrogens with one attached hydrogen (secondary N) is 1. The standard InChI is InChI=1S/C73H139NO5/c1-3-5-7-9-11-13-15-17-19-21-23-26-30-33-37-41-45-49-53-57-61-65-71(76)70(69-75)74-72(77)66-62-58-54-50-46-42-38-34-31-27-24-25-28-32-36-40-44-48-52-56-60-64-68-79-73(78)67-63-59-55-51-47-43-39-35-29-22-20-18-16-14-12-10-8-6-4-2/h12,14,18,20,27,31,70-71,75-76H,3-11,13,15-17,19,21-26,28-30,32-69H2,1-2H3,(H,74,77)/b14-12-,20-18-,31-27-. The summed E-state index contributed by atoms with van der Waals surface area (Å²) < 4.78 is 5.50. The number of amides is 1. The fraction of sp³-hybridized carbons (Fsp3) is 0.890. The Morgan fingerprint density at radius 3 is 1.00 bits per heavy atom. The van der Waals surface area contributed by atoms with E-state index in [-0.39, 0.29) is 18.5 Å². The monoisotopic (exact) mass is 1110 g/mol. The lowest BCUT2D eigenvalue weighted by Gasteiger charge is -2.22. The van der Waals surface area contributed by atoms with Gasteiger partial charge in [0, 0.05) is 12.8 Å². The molecule has 0 spiro atoms. The van der Waals surface area contributed by atoms with Crippen LogP contribution in [0.2, 0.25) is 0 Å². The molecule has 0 aromatic rings. The maximum atomic E-state index is 12.5. The number of unbranched alkanes of at least 4 members (excludes halogenated alkanes) is 50. The van der Waals surface area contributed by atoms with Crippen molar-refractivity contribution < 1.29 is 24.5 Å². The molecule has 0 bridgehead atoms. The number of carbonyl (C=O) groups is 2. The van der Waals surface area contributed by atoms with Crippen LogP contribution >= 0.6 is 0 Å². The van der Waals surface area contributed by atoms with Gasteiger partial charge in [-0.2, -0.15) is 0 Å². The number of hydrogen-bond acceptors (Lipinski definition) is 5. The zero-order valence-corrected chi connectivity index (χ0v) is 53.4. The maximum absolute atomic E-state index is 12.5. The molecule has 1 amide bonds. The van der Waals surface area contributed by atoms with Gasteiger partial charge >= 0.3 is 5.97 Å². The lowest BCUT2D eigenvalue weighted by Crippen LogP contribution is -2.45. The number of ether oxygens (including phenoxy) is 1. The molecule has 0 aromatic heterocycles. The fourth-order valence-electron chi connectivity index (χ4n) is 11.2. The molecule has 3 N–H and O–H groups in total. The van der Waals surface area contributed by atoms with Crippen molar-refractivity contribution in [2.45, 2.75) is 405 Å². The van der Waals surface area contributed by atoms with Gasteiger partial charge in [0.2, 0.25) is 5.91 Å². The van der Waals surface area contributed by atoms with Crippen LogP contribution in [0.4, 0.5) is 0 Å². The highest BCUT2D eigenvalue weighted by atomic mass is 16.5. The van der Waals surface area contributed by atoms with Gasteiger partial charge in [-0.25, -0.2) is 0 Å². The molecule has 0 heterocycles. The van der Waals surface area contributed by atoms with E-state index in [2.05, 4.69) is 55.6 Å². The topological polar surface area (TPSA) is 95.9 Å². The van der Waals surface area contributed by atoms with Gasteiger partial charge in [-0.15, -0.1) is 0 Å². The summed E-state index contributed by atoms with van der Waals surface area (Å²) in [6, 6.07) is -0.548. The number of rotatable bonds is 67.